The van der Waals surface area contributed by atoms with Crippen molar-refractivity contribution in [2.45, 2.75) is 19.3 Å². The lowest BCUT2D eigenvalue weighted by Crippen LogP contribution is -2.15. The fourth-order valence-corrected chi connectivity index (χ4v) is 9.26. The molecule has 272 valence electrons. The highest BCUT2D eigenvalue weighted by molar-refractivity contribution is 6.23. The van der Waals surface area contributed by atoms with Gasteiger partial charge in [0.1, 0.15) is 0 Å². The average molecular weight is 743 g/mol. The number of aromatic nitrogens is 6. The van der Waals surface area contributed by atoms with Gasteiger partial charge >= 0.3 is 0 Å². The standard InChI is InChI=1S/C52H34N6/c1-52(2)42-24-14-13-21-36(42)39-28-41-40-27-33(51-56-49(31-15-5-3-6-16-31)55-50(57-51)32-17-7-4-8-18-32)25-26-44(40)58(45(41)29-43(39)52)46-30-53-47-37-22-11-9-19-34(37)35-20-10-12-23-38(35)48(47)54-46/h3-30H,1-2H3. The van der Waals surface area contributed by atoms with Gasteiger partial charge in [-0.3, -0.25) is 9.55 Å². The van der Waals surface area contributed by atoms with Crippen molar-refractivity contribution in [1.82, 2.24) is 29.5 Å². The van der Waals surface area contributed by atoms with Crippen LogP contribution in [0.1, 0.15) is 25.0 Å². The van der Waals surface area contributed by atoms with E-state index < -0.39 is 0 Å². The monoisotopic (exact) mass is 742 g/mol. The van der Waals surface area contributed by atoms with Crippen molar-refractivity contribution < 1.29 is 0 Å². The first-order valence-electron chi connectivity index (χ1n) is 19.7. The zero-order valence-electron chi connectivity index (χ0n) is 31.8. The van der Waals surface area contributed by atoms with E-state index in [2.05, 4.69) is 122 Å². The summed E-state index contributed by atoms with van der Waals surface area (Å²) in [7, 11) is 0. The molecule has 11 aromatic rings. The summed E-state index contributed by atoms with van der Waals surface area (Å²) in [5, 5.41) is 6.76. The summed E-state index contributed by atoms with van der Waals surface area (Å²) in [4.78, 5) is 25.8. The summed E-state index contributed by atoms with van der Waals surface area (Å²) in [6, 6.07) is 57.4. The van der Waals surface area contributed by atoms with Crippen molar-refractivity contribution in [1.29, 1.82) is 0 Å². The molecule has 6 nitrogen and oxygen atoms in total. The van der Waals surface area contributed by atoms with Crippen LogP contribution in [0.25, 0.3) is 105 Å². The molecule has 58 heavy (non-hydrogen) atoms. The predicted molar refractivity (Wildman–Crippen MR) is 236 cm³/mol. The Bertz CT molecular complexity index is 3390. The van der Waals surface area contributed by atoms with Gasteiger partial charge in [-0.2, -0.15) is 0 Å². The molecule has 0 amide bonds. The minimum absolute atomic E-state index is 0.177. The Morgan fingerprint density at radius 3 is 1.62 bits per heavy atom. The molecule has 1 aliphatic carbocycles. The molecule has 0 saturated heterocycles. The molecule has 0 unspecified atom stereocenters. The molecule has 0 aliphatic heterocycles. The predicted octanol–water partition coefficient (Wildman–Crippen LogP) is 12.5. The second-order valence-electron chi connectivity index (χ2n) is 15.7. The number of rotatable bonds is 4. The second-order valence-corrected chi connectivity index (χ2v) is 15.7. The van der Waals surface area contributed by atoms with Gasteiger partial charge in [-0.1, -0.05) is 147 Å². The molecule has 1 aliphatic rings. The van der Waals surface area contributed by atoms with E-state index >= 15 is 0 Å². The van der Waals surface area contributed by atoms with E-state index in [-0.39, 0.29) is 5.41 Å². The Kier molecular flexibility index (Phi) is 6.88. The highest BCUT2D eigenvalue weighted by Crippen LogP contribution is 2.51. The molecular formula is C52H34N6. The van der Waals surface area contributed by atoms with E-state index in [0.717, 1.165) is 66.1 Å². The number of benzene rings is 8. The van der Waals surface area contributed by atoms with Gasteiger partial charge < -0.3 is 0 Å². The van der Waals surface area contributed by atoms with Crippen molar-refractivity contribution in [3.63, 3.8) is 0 Å². The Labute approximate surface area is 334 Å². The van der Waals surface area contributed by atoms with E-state index in [1.54, 1.807) is 0 Å². The largest absolute Gasteiger partial charge is 0.292 e. The van der Waals surface area contributed by atoms with Gasteiger partial charge in [0.15, 0.2) is 23.3 Å². The van der Waals surface area contributed by atoms with Gasteiger partial charge in [-0.25, -0.2) is 19.9 Å². The molecule has 8 aromatic carbocycles. The summed E-state index contributed by atoms with van der Waals surface area (Å²) in [5.74, 6) is 2.66. The van der Waals surface area contributed by atoms with Crippen LogP contribution in [-0.2, 0) is 5.41 Å². The third kappa shape index (κ3) is 4.75. The molecule has 12 rings (SSSR count). The van der Waals surface area contributed by atoms with Crippen LogP contribution in [-0.4, -0.2) is 29.5 Å². The molecule has 0 saturated carbocycles. The molecule has 0 atom stereocenters. The zero-order chi connectivity index (χ0) is 38.5. The molecule has 0 spiro atoms. The number of fused-ring (bicyclic) bond motifs is 12. The quantitative estimate of drug-likeness (QED) is 0.168. The Morgan fingerprint density at radius 1 is 0.397 bits per heavy atom. The fraction of sp³-hybridized carbons (Fsp3) is 0.0577. The Hall–Kier alpha value is -7.57. The van der Waals surface area contributed by atoms with Crippen LogP contribution in [0.2, 0.25) is 0 Å². The number of hydrogen-bond donors (Lipinski definition) is 0. The van der Waals surface area contributed by atoms with Crippen LogP contribution >= 0.6 is 0 Å². The van der Waals surface area contributed by atoms with Crippen LogP contribution in [0.3, 0.4) is 0 Å². The third-order valence-electron chi connectivity index (χ3n) is 12.1. The number of nitrogens with zero attached hydrogens (tertiary/aromatic N) is 6. The maximum absolute atomic E-state index is 5.50. The lowest BCUT2D eigenvalue weighted by molar-refractivity contribution is 0.661. The lowest BCUT2D eigenvalue weighted by Gasteiger charge is -2.21. The normalized spacial score (nSPS) is 13.1. The summed E-state index contributed by atoms with van der Waals surface area (Å²) >= 11 is 0. The van der Waals surface area contributed by atoms with E-state index in [1.165, 1.54) is 33.0 Å². The van der Waals surface area contributed by atoms with Gasteiger partial charge in [0.25, 0.3) is 0 Å². The molecule has 6 heteroatoms. The summed E-state index contributed by atoms with van der Waals surface area (Å²) in [6.07, 6.45) is 1.94. The highest BCUT2D eigenvalue weighted by atomic mass is 15.1. The van der Waals surface area contributed by atoms with Gasteiger partial charge in [-0.05, 0) is 63.4 Å². The molecular weight excluding hydrogens is 709 g/mol. The minimum Gasteiger partial charge on any atom is -0.292 e. The fourth-order valence-electron chi connectivity index (χ4n) is 9.26. The maximum atomic E-state index is 5.50. The van der Waals surface area contributed by atoms with Crippen LogP contribution in [0, 0.1) is 0 Å². The van der Waals surface area contributed by atoms with E-state index in [4.69, 9.17) is 24.9 Å². The van der Waals surface area contributed by atoms with E-state index in [1.807, 2.05) is 66.9 Å². The molecule has 0 bridgehead atoms. The van der Waals surface area contributed by atoms with Crippen molar-refractivity contribution in [2.75, 3.05) is 0 Å². The van der Waals surface area contributed by atoms with Gasteiger partial charge in [0.2, 0.25) is 0 Å². The SMILES string of the molecule is CC1(C)c2ccccc2-c2cc3c4cc(-c5nc(-c6ccccc6)nc(-c6ccccc6)n5)ccc4n(-c4cnc5c6ccccc6c6ccccc6c5n4)c3cc21. The molecule has 0 radical (unpaired) electrons. The van der Waals surface area contributed by atoms with Crippen molar-refractivity contribution in [3.8, 4) is 51.1 Å². The highest BCUT2D eigenvalue weighted by Gasteiger charge is 2.36. The molecule has 0 fully saturated rings. The van der Waals surface area contributed by atoms with Gasteiger partial charge in [0.05, 0.1) is 28.3 Å². The maximum Gasteiger partial charge on any atom is 0.164 e. The van der Waals surface area contributed by atoms with Crippen molar-refractivity contribution in [2.24, 2.45) is 0 Å². The lowest BCUT2D eigenvalue weighted by atomic mass is 9.82. The molecule has 3 heterocycles. The van der Waals surface area contributed by atoms with Crippen LogP contribution in [0.15, 0.2) is 170 Å². The third-order valence-corrected chi connectivity index (χ3v) is 12.1. The van der Waals surface area contributed by atoms with Gasteiger partial charge in [-0.15, -0.1) is 0 Å². The number of hydrogen-bond acceptors (Lipinski definition) is 5. The van der Waals surface area contributed by atoms with Gasteiger partial charge in [0, 0.05) is 43.7 Å². The molecule has 0 N–H and O–H groups in total. The minimum atomic E-state index is -0.177. The average Bonchev–Trinajstić information content (AvgIpc) is 3.73. The smallest absolute Gasteiger partial charge is 0.164 e. The van der Waals surface area contributed by atoms with E-state index in [9.17, 15) is 0 Å². The Morgan fingerprint density at radius 2 is 0.948 bits per heavy atom. The Balaban J connectivity index is 1.15. The van der Waals surface area contributed by atoms with E-state index in [0.29, 0.717) is 17.5 Å². The first-order chi connectivity index (χ1) is 28.5. The van der Waals surface area contributed by atoms with Crippen molar-refractivity contribution in [3.05, 3.63) is 181 Å². The first kappa shape index (κ1) is 32.7. The summed E-state index contributed by atoms with van der Waals surface area (Å²) < 4.78 is 2.29. The summed E-state index contributed by atoms with van der Waals surface area (Å²) in [6.45, 7) is 4.66. The van der Waals surface area contributed by atoms with Crippen LogP contribution in [0.5, 0.6) is 0 Å². The summed E-state index contributed by atoms with van der Waals surface area (Å²) in [5.41, 5.74) is 11.7. The van der Waals surface area contributed by atoms with Crippen LogP contribution < -0.4 is 0 Å². The van der Waals surface area contributed by atoms with Crippen LogP contribution in [0.4, 0.5) is 0 Å². The first-order valence-corrected chi connectivity index (χ1v) is 19.7. The zero-order valence-corrected chi connectivity index (χ0v) is 31.8. The topological polar surface area (TPSA) is 69.4 Å². The van der Waals surface area contributed by atoms with Crippen molar-refractivity contribution >= 4 is 54.4 Å². The second kappa shape index (κ2) is 12.2. The molecule has 3 aromatic heterocycles.